The molecule has 0 bridgehead atoms. The van der Waals surface area contributed by atoms with Crippen molar-refractivity contribution in [3.8, 4) is 0 Å². The molecule has 0 spiro atoms. The molecule has 2 aromatic carbocycles. The number of rotatable bonds is 3. The second-order valence-corrected chi connectivity index (χ2v) is 8.08. The van der Waals surface area contributed by atoms with Crippen molar-refractivity contribution >= 4 is 39.9 Å². The van der Waals surface area contributed by atoms with Crippen molar-refractivity contribution in [3.63, 3.8) is 0 Å². The van der Waals surface area contributed by atoms with Gasteiger partial charge in [-0.15, -0.1) is 0 Å². The van der Waals surface area contributed by atoms with Gasteiger partial charge in [0.1, 0.15) is 0 Å². The minimum atomic E-state index is -0.918. The van der Waals surface area contributed by atoms with E-state index in [-0.39, 0.29) is 0 Å². The minimum Gasteiger partial charge on any atom is -0.478 e. The number of anilines is 2. The van der Waals surface area contributed by atoms with E-state index in [2.05, 4.69) is 52.3 Å². The number of nitrogens with zero attached hydrogens (tertiary/aromatic N) is 4. The normalized spacial score (nSPS) is 14.6. The number of carboxylic acid groups (broad SMARTS) is 1. The zero-order valence-electron chi connectivity index (χ0n) is 17.0. The summed E-state index contributed by atoms with van der Waals surface area (Å²) in [6.07, 6.45) is 5.14. The number of aryl methyl sites for hydroxylation is 1. The molecule has 2 aliphatic rings. The van der Waals surface area contributed by atoms with E-state index in [1.54, 1.807) is 12.3 Å². The fraction of sp³-hybridized carbons (Fsp3) is 0.160. The van der Waals surface area contributed by atoms with E-state index < -0.39 is 5.97 Å². The Morgan fingerprint density at radius 1 is 1.13 bits per heavy atom. The second-order valence-electron chi connectivity index (χ2n) is 8.08. The van der Waals surface area contributed by atoms with E-state index in [0.717, 1.165) is 52.1 Å². The van der Waals surface area contributed by atoms with Crippen molar-refractivity contribution in [1.29, 1.82) is 0 Å². The maximum Gasteiger partial charge on any atom is 0.336 e. The summed E-state index contributed by atoms with van der Waals surface area (Å²) in [4.78, 5) is 18.3. The number of benzene rings is 2. The molecule has 0 atom stereocenters. The average molecular weight is 408 g/mol. The first-order chi connectivity index (χ1) is 15.1. The number of carbonyl (C=O) groups is 1. The van der Waals surface area contributed by atoms with Crippen LogP contribution in [0, 0.1) is 0 Å². The molecular formula is C25H20N4O2. The van der Waals surface area contributed by atoms with Gasteiger partial charge in [0.2, 0.25) is 0 Å². The van der Waals surface area contributed by atoms with E-state index in [0.29, 0.717) is 12.0 Å². The number of aromatic nitrogens is 3. The third-order valence-corrected chi connectivity index (χ3v) is 6.32. The lowest BCUT2D eigenvalue weighted by atomic mass is 10.0. The maximum atomic E-state index is 11.6. The van der Waals surface area contributed by atoms with Crippen LogP contribution in [-0.2, 0) is 19.9 Å². The number of para-hydroxylation sites is 1. The molecule has 0 saturated heterocycles. The van der Waals surface area contributed by atoms with E-state index >= 15 is 0 Å². The number of fused-ring (bicyclic) bond motifs is 3. The zero-order chi connectivity index (χ0) is 21.1. The molecule has 6 rings (SSSR count). The first-order valence-electron chi connectivity index (χ1n) is 10.3. The van der Waals surface area contributed by atoms with Crippen LogP contribution in [-0.4, -0.2) is 32.4 Å². The van der Waals surface area contributed by atoms with Gasteiger partial charge in [-0.05, 0) is 59.5 Å². The molecule has 0 saturated carbocycles. The smallest absolute Gasteiger partial charge is 0.336 e. The number of aromatic carboxylic acids is 1. The minimum absolute atomic E-state index is 0.317. The highest BCUT2D eigenvalue weighted by Crippen LogP contribution is 2.39. The molecule has 152 valence electrons. The number of allylic oxidation sites excluding steroid dienone is 1. The lowest BCUT2D eigenvalue weighted by Crippen LogP contribution is -2.12. The Labute approximate surface area is 179 Å². The summed E-state index contributed by atoms with van der Waals surface area (Å²) in [6, 6.07) is 16.5. The summed E-state index contributed by atoms with van der Waals surface area (Å²) >= 11 is 0. The Hall–Kier alpha value is -3.93. The van der Waals surface area contributed by atoms with E-state index in [9.17, 15) is 9.90 Å². The van der Waals surface area contributed by atoms with Gasteiger partial charge in [-0.1, -0.05) is 18.2 Å². The Kier molecular flexibility index (Phi) is 3.77. The van der Waals surface area contributed by atoms with E-state index in [1.165, 1.54) is 11.3 Å². The van der Waals surface area contributed by atoms with Crippen LogP contribution < -0.4 is 4.90 Å². The molecule has 1 aliphatic heterocycles. The molecule has 1 N–H and O–H groups in total. The zero-order valence-corrected chi connectivity index (χ0v) is 17.0. The standard InChI is InChI=1S/C25H20N4O2/c1-28-24(16-12-20-18(25(30)31)8-10-26-21(20)13-16)19-7-6-17(14-22(19)27-28)29-11-9-15-4-2-3-5-23(15)29/h2-8,10,13-14H,9,11-12H2,1H3,(H,30,31). The molecule has 0 fully saturated rings. The van der Waals surface area contributed by atoms with Crippen molar-refractivity contribution in [2.45, 2.75) is 12.8 Å². The molecular weight excluding hydrogens is 388 g/mol. The Balaban J connectivity index is 1.41. The first-order valence-corrected chi connectivity index (χ1v) is 10.3. The van der Waals surface area contributed by atoms with Crippen LogP contribution >= 0.6 is 0 Å². The molecule has 0 unspecified atom stereocenters. The third-order valence-electron chi connectivity index (χ3n) is 6.32. The van der Waals surface area contributed by atoms with Crippen molar-refractivity contribution in [1.82, 2.24) is 14.8 Å². The highest BCUT2D eigenvalue weighted by Gasteiger charge is 2.25. The summed E-state index contributed by atoms with van der Waals surface area (Å²) in [5.41, 5.74) is 8.58. The molecule has 31 heavy (non-hydrogen) atoms. The van der Waals surface area contributed by atoms with Gasteiger partial charge < -0.3 is 10.0 Å². The lowest BCUT2D eigenvalue weighted by molar-refractivity contribution is 0.0695. The Morgan fingerprint density at radius 2 is 2.00 bits per heavy atom. The van der Waals surface area contributed by atoms with Gasteiger partial charge in [-0.25, -0.2) is 4.79 Å². The predicted molar refractivity (Wildman–Crippen MR) is 121 cm³/mol. The summed E-state index contributed by atoms with van der Waals surface area (Å²) < 4.78 is 1.89. The summed E-state index contributed by atoms with van der Waals surface area (Å²) in [5.74, 6) is -0.918. The average Bonchev–Trinajstić information content (AvgIpc) is 3.46. The third kappa shape index (κ3) is 2.68. The van der Waals surface area contributed by atoms with Crippen LogP contribution in [0.2, 0.25) is 0 Å². The number of pyridine rings is 1. The van der Waals surface area contributed by atoms with Gasteiger partial charge in [0.15, 0.2) is 0 Å². The molecule has 4 aromatic rings. The van der Waals surface area contributed by atoms with Crippen molar-refractivity contribution in [2.24, 2.45) is 7.05 Å². The highest BCUT2D eigenvalue weighted by molar-refractivity contribution is 6.01. The van der Waals surface area contributed by atoms with Crippen LogP contribution in [0.5, 0.6) is 0 Å². The summed E-state index contributed by atoms with van der Waals surface area (Å²) in [7, 11) is 1.94. The van der Waals surface area contributed by atoms with Gasteiger partial charge in [0, 0.05) is 43.0 Å². The van der Waals surface area contributed by atoms with Crippen molar-refractivity contribution < 1.29 is 9.90 Å². The fourth-order valence-corrected chi connectivity index (χ4v) is 4.92. The largest absolute Gasteiger partial charge is 0.478 e. The lowest BCUT2D eigenvalue weighted by Gasteiger charge is -2.19. The van der Waals surface area contributed by atoms with Crippen LogP contribution in [0.25, 0.3) is 22.6 Å². The fourth-order valence-electron chi connectivity index (χ4n) is 4.92. The SMILES string of the molecule is Cn1nc2cc(N3CCc4ccccc43)ccc2c1C1=Cc2nccc(C(=O)O)c2C1. The molecule has 0 amide bonds. The van der Waals surface area contributed by atoms with Crippen LogP contribution in [0.15, 0.2) is 54.7 Å². The van der Waals surface area contributed by atoms with Crippen molar-refractivity contribution in [3.05, 3.63) is 82.8 Å². The van der Waals surface area contributed by atoms with E-state index in [1.807, 2.05) is 17.8 Å². The Bertz CT molecular complexity index is 1420. The van der Waals surface area contributed by atoms with Gasteiger partial charge in [0.05, 0.1) is 22.5 Å². The van der Waals surface area contributed by atoms with Gasteiger partial charge >= 0.3 is 5.97 Å². The second kappa shape index (κ2) is 6.54. The first kappa shape index (κ1) is 17.9. The van der Waals surface area contributed by atoms with Crippen LogP contribution in [0.1, 0.15) is 32.9 Å². The van der Waals surface area contributed by atoms with E-state index in [4.69, 9.17) is 5.10 Å². The maximum absolute atomic E-state index is 11.6. The van der Waals surface area contributed by atoms with Crippen LogP contribution in [0.3, 0.4) is 0 Å². The number of hydrogen-bond donors (Lipinski definition) is 1. The van der Waals surface area contributed by atoms with Crippen LogP contribution in [0.4, 0.5) is 11.4 Å². The van der Waals surface area contributed by atoms with Gasteiger partial charge in [0.25, 0.3) is 0 Å². The summed E-state index contributed by atoms with van der Waals surface area (Å²) in [5, 5.41) is 15.4. The molecule has 6 heteroatoms. The molecule has 6 nitrogen and oxygen atoms in total. The number of carboxylic acids is 1. The quantitative estimate of drug-likeness (QED) is 0.542. The topological polar surface area (TPSA) is 71.2 Å². The molecule has 1 aliphatic carbocycles. The number of hydrogen-bond acceptors (Lipinski definition) is 4. The van der Waals surface area contributed by atoms with Gasteiger partial charge in [-0.3, -0.25) is 9.67 Å². The molecule has 3 heterocycles. The van der Waals surface area contributed by atoms with Gasteiger partial charge in [-0.2, -0.15) is 5.10 Å². The monoisotopic (exact) mass is 408 g/mol. The predicted octanol–water partition coefficient (Wildman–Crippen LogP) is 4.46. The van der Waals surface area contributed by atoms with Crippen molar-refractivity contribution in [2.75, 3.05) is 11.4 Å². The molecule has 2 aromatic heterocycles. The highest BCUT2D eigenvalue weighted by atomic mass is 16.4. The Morgan fingerprint density at radius 3 is 2.87 bits per heavy atom. The molecule has 0 radical (unpaired) electrons. The summed E-state index contributed by atoms with van der Waals surface area (Å²) in [6.45, 7) is 0.967.